The van der Waals surface area contributed by atoms with Crippen LogP contribution < -0.4 is 9.13 Å². The number of fused-ring (bicyclic) bond motifs is 16. The molecular weight excluding hydrogens is 1450 g/mol. The molecule has 2 aromatic heterocycles. The quantitative estimate of drug-likeness (QED) is 0.0499. The highest BCUT2D eigenvalue weighted by Crippen LogP contribution is 2.43. The molecule has 8 aromatic carbocycles. The van der Waals surface area contributed by atoms with Crippen LogP contribution in [-0.2, 0) is 117 Å². The molecule has 2 aliphatic rings. The molecule has 0 radical (unpaired) electrons. The lowest BCUT2D eigenvalue weighted by atomic mass is 9.90. The molecule has 0 atom stereocenters. The first-order chi connectivity index (χ1) is 48.9. The third-order valence-electron chi connectivity index (χ3n) is 17.3. The number of benzene rings is 8. The first kappa shape index (κ1) is 77.1. The SMILES string of the molecule is CC[n+]1ccc(/C=C/c2cc3c(O)c(c2)Cc2cc(C)cc(c2O)Cc2cc(S(=O)(=O)O)cc(c2O)Cc2cccc(c2O)C3)cc1.C[n+]1ccc(/C=C/c2cc3c(O)c(c2)Cc2cc(S(=O)(=O)O)cc(c2O)Cc2cc(S(=O)(=O)O)cc(c2O)Cc2cccc(c2O)C3)cc1.O=S(=O)=O.O=S(=O)=O. The van der Waals surface area contributed by atoms with Crippen LogP contribution >= 0.6 is 0 Å². The highest BCUT2D eigenvalue weighted by molar-refractivity contribution is 7.86. The minimum atomic E-state index is -4.82. The molecule has 12 rings (SSSR count). The Kier molecular flexibility index (Phi) is 23.8. The normalized spacial score (nSPS) is 12.8. The Balaban J connectivity index is 0.000000219. The van der Waals surface area contributed by atoms with E-state index in [0.717, 1.165) is 53.1 Å². The summed E-state index contributed by atoms with van der Waals surface area (Å²) in [6, 6.07) is 35.2. The summed E-state index contributed by atoms with van der Waals surface area (Å²) in [5, 5.41) is 91.4. The summed E-state index contributed by atoms with van der Waals surface area (Å²) in [6.45, 7) is 4.81. The third kappa shape index (κ3) is 19.3. The van der Waals surface area contributed by atoms with Crippen molar-refractivity contribution in [3.05, 3.63) is 275 Å². The van der Waals surface area contributed by atoms with Crippen molar-refractivity contribution in [1.82, 2.24) is 0 Å². The van der Waals surface area contributed by atoms with Gasteiger partial charge in [0.25, 0.3) is 30.4 Å². The van der Waals surface area contributed by atoms with E-state index in [2.05, 4.69) is 11.5 Å². The minimum Gasteiger partial charge on any atom is -0.507 e. The zero-order valence-corrected chi connectivity index (χ0v) is 59.5. The fraction of sp³-hybridized carbons (Fsp3) is 0.162. The Morgan fingerprint density at radius 2 is 0.529 bits per heavy atom. The molecule has 30 heteroatoms. The number of hydrogen-bond acceptors (Lipinski definition) is 20. The molecular formula is C74H68N2O23S5+2. The van der Waals surface area contributed by atoms with Gasteiger partial charge in [-0.1, -0.05) is 78.4 Å². The summed E-state index contributed by atoms with van der Waals surface area (Å²) >= 11 is 0. The largest absolute Gasteiger partial charge is 0.507 e. The molecule has 104 heavy (non-hydrogen) atoms. The highest BCUT2D eigenvalue weighted by Gasteiger charge is 2.27. The molecule has 11 N–H and O–H groups in total. The summed E-state index contributed by atoms with van der Waals surface area (Å²) in [5.74, 6) is -1.35. The van der Waals surface area contributed by atoms with Gasteiger partial charge in [-0.2, -0.15) is 25.3 Å². The molecule has 0 fully saturated rings. The molecule has 16 bridgehead atoms. The number of aromatic hydroxyl groups is 8. The van der Waals surface area contributed by atoms with Gasteiger partial charge in [0.15, 0.2) is 24.8 Å². The number of hydrogen-bond donors (Lipinski definition) is 11. The summed E-state index contributed by atoms with van der Waals surface area (Å²) in [6.07, 6.45) is 15.0. The van der Waals surface area contributed by atoms with Gasteiger partial charge in [0.2, 0.25) is 0 Å². The number of aryl methyl sites for hydroxylation is 3. The average molecular weight is 1510 g/mol. The van der Waals surface area contributed by atoms with Gasteiger partial charge < -0.3 is 40.9 Å². The summed E-state index contributed by atoms with van der Waals surface area (Å²) < 4.78 is 158. The van der Waals surface area contributed by atoms with Gasteiger partial charge in [-0.05, 0) is 152 Å². The van der Waals surface area contributed by atoms with Crippen molar-refractivity contribution in [2.24, 2.45) is 7.05 Å². The zero-order chi connectivity index (χ0) is 75.9. The van der Waals surface area contributed by atoms with E-state index in [1.54, 1.807) is 54.6 Å². The molecule has 0 unspecified atom stereocenters. The fourth-order valence-electron chi connectivity index (χ4n) is 12.2. The van der Waals surface area contributed by atoms with Gasteiger partial charge in [-0.25, -0.2) is 9.13 Å². The maximum absolute atomic E-state index is 12.4. The van der Waals surface area contributed by atoms with Gasteiger partial charge in [0, 0.05) is 109 Å². The van der Waals surface area contributed by atoms with Crippen molar-refractivity contribution in [3.63, 3.8) is 0 Å². The van der Waals surface area contributed by atoms with Crippen molar-refractivity contribution in [2.45, 2.75) is 86.4 Å². The second-order valence-electron chi connectivity index (χ2n) is 24.6. The number of para-hydroxylation sites is 2. The van der Waals surface area contributed by atoms with E-state index in [9.17, 15) is 79.8 Å². The predicted molar refractivity (Wildman–Crippen MR) is 379 cm³/mol. The monoisotopic (exact) mass is 1510 g/mol. The first-order valence-electron chi connectivity index (χ1n) is 31.3. The van der Waals surface area contributed by atoms with Gasteiger partial charge in [0.05, 0.1) is 14.7 Å². The number of phenols is 8. The molecule has 10 aromatic rings. The van der Waals surface area contributed by atoms with E-state index < -0.39 is 84.2 Å². The van der Waals surface area contributed by atoms with Crippen LogP contribution in [0.3, 0.4) is 0 Å². The van der Waals surface area contributed by atoms with E-state index >= 15 is 0 Å². The van der Waals surface area contributed by atoms with Crippen molar-refractivity contribution < 1.29 is 114 Å². The van der Waals surface area contributed by atoms with Crippen LogP contribution in [0.4, 0.5) is 0 Å². The fourth-order valence-corrected chi connectivity index (χ4v) is 14.0. The van der Waals surface area contributed by atoms with Gasteiger partial charge in [-0.15, -0.1) is 25.3 Å². The summed E-state index contributed by atoms with van der Waals surface area (Å²) in [4.78, 5) is -1.54. The molecule has 25 nitrogen and oxygen atoms in total. The second-order valence-corrected chi connectivity index (χ2v) is 29.7. The minimum absolute atomic E-state index is 0.00523. The predicted octanol–water partition coefficient (Wildman–Crippen LogP) is 8.88. The Morgan fingerprint density at radius 3 is 0.769 bits per heavy atom. The van der Waals surface area contributed by atoms with Crippen LogP contribution in [0.1, 0.15) is 124 Å². The van der Waals surface area contributed by atoms with Gasteiger partial charge in [-0.3, -0.25) is 13.7 Å². The van der Waals surface area contributed by atoms with E-state index in [0.29, 0.717) is 61.2 Å². The highest BCUT2D eigenvalue weighted by atomic mass is 32.2. The van der Waals surface area contributed by atoms with Crippen LogP contribution in [0, 0.1) is 6.92 Å². The lowest BCUT2D eigenvalue weighted by molar-refractivity contribution is -0.693. The number of phenolic OH excluding ortho intramolecular Hbond substituents is 8. The Bertz CT molecular complexity index is 5670. The molecule has 0 saturated carbocycles. The van der Waals surface area contributed by atoms with Gasteiger partial charge >= 0.3 is 21.2 Å². The molecule has 0 saturated heterocycles. The van der Waals surface area contributed by atoms with Crippen LogP contribution in [0.25, 0.3) is 24.3 Å². The Hall–Kier alpha value is -11.1. The molecule has 0 spiro atoms. The summed E-state index contributed by atoms with van der Waals surface area (Å²) in [5.41, 5.74) is 8.94. The molecule has 540 valence electrons. The Morgan fingerprint density at radius 1 is 0.327 bits per heavy atom. The van der Waals surface area contributed by atoms with Crippen LogP contribution in [0.5, 0.6) is 46.0 Å². The van der Waals surface area contributed by atoms with Crippen molar-refractivity contribution >= 4 is 75.9 Å². The van der Waals surface area contributed by atoms with Crippen LogP contribution in [0.2, 0.25) is 0 Å². The molecule has 2 aliphatic carbocycles. The summed E-state index contributed by atoms with van der Waals surface area (Å²) in [7, 11) is -18.6. The number of rotatable bonds is 8. The lowest BCUT2D eigenvalue weighted by Crippen LogP contribution is -2.30. The Labute approximate surface area is 600 Å². The maximum Gasteiger partial charge on any atom is 0.425 e. The lowest BCUT2D eigenvalue weighted by Gasteiger charge is -2.18. The van der Waals surface area contributed by atoms with E-state index in [4.69, 9.17) is 25.3 Å². The van der Waals surface area contributed by atoms with Crippen LogP contribution in [-0.4, -0.2) is 105 Å². The second kappa shape index (κ2) is 32.1. The van der Waals surface area contributed by atoms with E-state index in [-0.39, 0.29) is 113 Å². The van der Waals surface area contributed by atoms with Crippen molar-refractivity contribution in [1.29, 1.82) is 0 Å². The average Bonchev–Trinajstić information content (AvgIpc) is 0.782. The van der Waals surface area contributed by atoms with Gasteiger partial charge in [0.1, 0.15) is 59.6 Å². The maximum atomic E-state index is 12.4. The van der Waals surface area contributed by atoms with Crippen LogP contribution in [0.15, 0.2) is 173 Å². The number of aromatic nitrogens is 2. The van der Waals surface area contributed by atoms with Crippen molar-refractivity contribution in [3.8, 4) is 46.0 Å². The van der Waals surface area contributed by atoms with E-state index in [1.807, 2.05) is 110 Å². The number of nitrogens with zero attached hydrogens (tertiary/aromatic N) is 2. The van der Waals surface area contributed by atoms with E-state index in [1.165, 1.54) is 12.1 Å². The van der Waals surface area contributed by atoms with Crippen molar-refractivity contribution in [2.75, 3.05) is 0 Å². The number of pyridine rings is 2. The smallest absolute Gasteiger partial charge is 0.425 e. The topological polar surface area (TPSA) is 435 Å². The molecule has 2 heterocycles. The molecule has 0 aliphatic heterocycles. The standard InChI is InChI=1S/C38H35NO7S.C36H31NO10S2.2O3S/c1-3-39-11-9-24(10-12-39)7-8-25-15-30-17-26-5-4-6-27(35(26)40)18-32-21-34(47(44,45)46)22-33(38(32)43)20-29-14-23(2)13-28(36(29)41)19-31(16-25)37(30)42;1-37-9-7-21(8-10-37)5-6-22-11-25-13-23-3-2-4-24(33(23)38)14-27-17-31(48(42,43)44)19-29(35(27)40)16-30-20-32(49(45,46)47)18-28(36(30)41)15-26(12-22)34(25)39;2*1-4(2)3/h4-16,21-22H,3,17-20H2,1-2H3,(H4,40,41,43,44,45,46);2-12,17-20H,13-16H2,1H3,(H5,38,40,41,42,43,44,45,46,47);;/p+2. The first-order valence-corrected chi connectivity index (χ1v) is 37.7. The third-order valence-corrected chi connectivity index (χ3v) is 19.8. The zero-order valence-electron chi connectivity index (χ0n) is 55.4. The molecule has 0 amide bonds.